The number of carbonyl (C=O) groups is 1. The number of rotatable bonds is 3. The minimum atomic E-state index is -0.292. The third-order valence-corrected chi connectivity index (χ3v) is 2.40. The molecule has 4 heteroatoms. The van der Waals surface area contributed by atoms with Crippen LogP contribution in [0.3, 0.4) is 0 Å². The Kier molecular flexibility index (Phi) is 5.41. The summed E-state index contributed by atoms with van der Waals surface area (Å²) in [6.07, 6.45) is 0. The number of benzene rings is 2. The van der Waals surface area contributed by atoms with Crippen molar-refractivity contribution in [2.75, 3.05) is 0 Å². The number of ketones is 1. The Labute approximate surface area is 118 Å². The van der Waals surface area contributed by atoms with Gasteiger partial charge in [0.2, 0.25) is 5.78 Å². The van der Waals surface area contributed by atoms with Crippen molar-refractivity contribution in [3.63, 3.8) is 0 Å². The van der Waals surface area contributed by atoms with Crippen LogP contribution in [-0.4, -0.2) is 16.7 Å². The Hall–Kier alpha value is -1.80. The van der Waals surface area contributed by atoms with Crippen LogP contribution in [-0.2, 0) is 19.5 Å². The first-order valence-electron chi connectivity index (χ1n) is 5.20. The van der Waals surface area contributed by atoms with Crippen molar-refractivity contribution in [3.8, 4) is 0 Å². The fourth-order valence-electron chi connectivity index (χ4n) is 1.56. The van der Waals surface area contributed by atoms with Crippen LogP contribution in [0.2, 0.25) is 0 Å². The molecule has 0 bridgehead atoms. The molecule has 2 rings (SSSR count). The van der Waals surface area contributed by atoms with Gasteiger partial charge in [0.15, 0.2) is 5.71 Å². The molecule has 0 spiro atoms. The summed E-state index contributed by atoms with van der Waals surface area (Å²) in [7, 11) is 0. The Balaban J connectivity index is 0.00000162. The number of oxime groups is 1. The molecule has 0 saturated carbocycles. The van der Waals surface area contributed by atoms with Gasteiger partial charge in [0.1, 0.15) is 0 Å². The van der Waals surface area contributed by atoms with Crippen LogP contribution in [0.5, 0.6) is 0 Å². The van der Waals surface area contributed by atoms with Crippen molar-refractivity contribution in [1.82, 2.24) is 0 Å². The Morgan fingerprint density at radius 1 is 0.833 bits per heavy atom. The largest absolute Gasteiger partial charge is 3.00 e. The van der Waals surface area contributed by atoms with Gasteiger partial charge < -0.3 is 5.21 Å². The second-order valence-corrected chi connectivity index (χ2v) is 3.51. The molecule has 2 aromatic rings. The Bertz CT molecular complexity index is 538. The van der Waals surface area contributed by atoms with Gasteiger partial charge in [-0.15, -0.1) is 0 Å². The fraction of sp³-hybridized carbons (Fsp3) is 0. The van der Waals surface area contributed by atoms with E-state index in [2.05, 4.69) is 5.16 Å². The predicted molar refractivity (Wildman–Crippen MR) is 65.5 cm³/mol. The molecule has 0 heterocycles. The summed E-state index contributed by atoms with van der Waals surface area (Å²) in [5, 5.41) is 12.1. The van der Waals surface area contributed by atoms with E-state index in [4.69, 9.17) is 5.21 Å². The van der Waals surface area contributed by atoms with E-state index in [1.807, 2.05) is 12.1 Å². The minimum Gasteiger partial charge on any atom is -0.410 e. The second kappa shape index (κ2) is 6.82. The van der Waals surface area contributed by atoms with Crippen molar-refractivity contribution in [3.05, 3.63) is 71.8 Å². The van der Waals surface area contributed by atoms with Crippen LogP contribution in [0, 0.1) is 0 Å². The van der Waals surface area contributed by atoms with E-state index in [1.165, 1.54) is 0 Å². The molecule has 0 aliphatic carbocycles. The molecule has 18 heavy (non-hydrogen) atoms. The van der Waals surface area contributed by atoms with Gasteiger partial charge in [-0.3, -0.25) is 4.79 Å². The molecule has 89 valence electrons. The molecular formula is C14H11NO2Ru+3. The molecule has 0 aliphatic heterocycles. The van der Waals surface area contributed by atoms with Gasteiger partial charge in [0, 0.05) is 11.1 Å². The van der Waals surface area contributed by atoms with Crippen LogP contribution in [0.4, 0.5) is 0 Å². The van der Waals surface area contributed by atoms with Gasteiger partial charge in [0.25, 0.3) is 0 Å². The van der Waals surface area contributed by atoms with Crippen molar-refractivity contribution in [2.24, 2.45) is 5.16 Å². The molecule has 1 N–H and O–H groups in total. The summed E-state index contributed by atoms with van der Waals surface area (Å²) in [5.74, 6) is -0.292. The monoisotopic (exact) mass is 327 g/mol. The van der Waals surface area contributed by atoms with Crippen molar-refractivity contribution >= 4 is 11.5 Å². The second-order valence-electron chi connectivity index (χ2n) is 3.51. The summed E-state index contributed by atoms with van der Waals surface area (Å²) in [6.45, 7) is 0. The number of hydrogen-bond acceptors (Lipinski definition) is 3. The molecule has 2 aromatic carbocycles. The molecule has 0 aromatic heterocycles. The first-order valence-corrected chi connectivity index (χ1v) is 5.20. The number of hydrogen-bond donors (Lipinski definition) is 1. The fourth-order valence-corrected chi connectivity index (χ4v) is 1.56. The maximum absolute atomic E-state index is 12.1. The summed E-state index contributed by atoms with van der Waals surface area (Å²) in [6, 6.07) is 17.6. The van der Waals surface area contributed by atoms with Gasteiger partial charge in [-0.25, -0.2) is 0 Å². The van der Waals surface area contributed by atoms with Gasteiger partial charge >= 0.3 is 19.5 Å². The molecular weight excluding hydrogens is 315 g/mol. The first kappa shape index (κ1) is 14.3. The average molecular weight is 326 g/mol. The van der Waals surface area contributed by atoms with Crippen LogP contribution in [0.25, 0.3) is 0 Å². The Morgan fingerprint density at radius 3 is 1.72 bits per heavy atom. The predicted octanol–water partition coefficient (Wildman–Crippen LogP) is 2.75. The van der Waals surface area contributed by atoms with Gasteiger partial charge in [0.05, 0.1) is 0 Å². The summed E-state index contributed by atoms with van der Waals surface area (Å²) in [4.78, 5) is 12.1. The van der Waals surface area contributed by atoms with E-state index in [1.54, 1.807) is 48.5 Å². The van der Waals surface area contributed by atoms with Crippen molar-refractivity contribution < 1.29 is 29.5 Å². The third-order valence-electron chi connectivity index (χ3n) is 2.40. The van der Waals surface area contributed by atoms with Crippen molar-refractivity contribution in [2.45, 2.75) is 0 Å². The molecule has 1 radical (unpaired) electrons. The zero-order chi connectivity index (χ0) is 12.1. The van der Waals surface area contributed by atoms with E-state index >= 15 is 0 Å². The summed E-state index contributed by atoms with van der Waals surface area (Å²) < 4.78 is 0. The van der Waals surface area contributed by atoms with E-state index in [9.17, 15) is 4.79 Å². The van der Waals surface area contributed by atoms with Gasteiger partial charge in [-0.1, -0.05) is 65.8 Å². The quantitative estimate of drug-likeness (QED) is 0.310. The molecule has 0 fully saturated rings. The van der Waals surface area contributed by atoms with Crippen LogP contribution in [0.1, 0.15) is 15.9 Å². The summed E-state index contributed by atoms with van der Waals surface area (Å²) in [5.41, 5.74) is 1.16. The summed E-state index contributed by atoms with van der Waals surface area (Å²) >= 11 is 0. The van der Waals surface area contributed by atoms with Crippen LogP contribution in [0.15, 0.2) is 65.8 Å². The van der Waals surface area contributed by atoms with Gasteiger partial charge in [-0.2, -0.15) is 0 Å². The molecule has 0 unspecified atom stereocenters. The minimum absolute atomic E-state index is 0. The topological polar surface area (TPSA) is 49.7 Å². The van der Waals surface area contributed by atoms with E-state index < -0.39 is 0 Å². The zero-order valence-electron chi connectivity index (χ0n) is 9.43. The molecule has 0 amide bonds. The molecule has 3 nitrogen and oxygen atoms in total. The Morgan fingerprint density at radius 2 is 1.28 bits per heavy atom. The molecule has 0 saturated heterocycles. The third kappa shape index (κ3) is 3.11. The van der Waals surface area contributed by atoms with E-state index in [-0.39, 0.29) is 31.0 Å². The smallest absolute Gasteiger partial charge is 0.410 e. The van der Waals surface area contributed by atoms with Gasteiger partial charge in [-0.05, 0) is 0 Å². The average Bonchev–Trinajstić information content (AvgIpc) is 2.42. The zero-order valence-corrected chi connectivity index (χ0v) is 11.2. The van der Waals surface area contributed by atoms with Crippen LogP contribution >= 0.6 is 0 Å². The molecule has 0 atom stereocenters. The normalized spacial score (nSPS) is 10.6. The molecule has 0 aliphatic rings. The van der Waals surface area contributed by atoms with E-state index in [0.29, 0.717) is 11.1 Å². The SMILES string of the molecule is O=C(C(=NO)c1ccccc1)c1ccccc1.[Ru+3]. The van der Waals surface area contributed by atoms with Crippen molar-refractivity contribution in [1.29, 1.82) is 0 Å². The number of Topliss-reactive ketones (excluding diaryl/α,β-unsaturated/α-hetero) is 1. The maximum Gasteiger partial charge on any atom is 3.00 e. The van der Waals surface area contributed by atoms with Crippen LogP contribution < -0.4 is 0 Å². The maximum atomic E-state index is 12.1. The first-order chi connectivity index (χ1) is 8.33. The number of carbonyl (C=O) groups excluding carboxylic acids is 1. The standard InChI is InChI=1S/C14H11NO2.Ru/c16-14(12-9-5-2-6-10-12)13(15-17)11-7-3-1-4-8-11;/h1-10,17H;/q;+3. The van der Waals surface area contributed by atoms with E-state index in [0.717, 1.165) is 0 Å². The number of nitrogens with zero attached hydrogens (tertiary/aromatic N) is 1.